The van der Waals surface area contributed by atoms with Crippen LogP contribution in [-0.2, 0) is 0 Å². The van der Waals surface area contributed by atoms with E-state index in [1.54, 1.807) is 12.3 Å². The predicted octanol–water partition coefficient (Wildman–Crippen LogP) is 3.20. The summed E-state index contributed by atoms with van der Waals surface area (Å²) in [5, 5.41) is 13.6. The number of aromatic nitrogens is 1. The van der Waals surface area contributed by atoms with E-state index in [-0.39, 0.29) is 11.8 Å². The van der Waals surface area contributed by atoms with Crippen LogP contribution in [0, 0.1) is 15.9 Å². The van der Waals surface area contributed by atoms with Crippen LogP contribution in [0.15, 0.2) is 36.5 Å². The van der Waals surface area contributed by atoms with Crippen LogP contribution in [0.3, 0.4) is 0 Å². The van der Waals surface area contributed by atoms with Gasteiger partial charge in [-0.25, -0.2) is 4.98 Å². The molecule has 0 bridgehead atoms. The van der Waals surface area contributed by atoms with Gasteiger partial charge >= 0.3 is 5.69 Å². The topological polar surface area (TPSA) is 77.3 Å². The molecule has 1 atom stereocenters. The highest BCUT2D eigenvalue weighted by Crippen LogP contribution is 2.26. The first-order valence-corrected chi connectivity index (χ1v) is 6.26. The lowest BCUT2D eigenvalue weighted by Crippen LogP contribution is -2.12. The van der Waals surface area contributed by atoms with Crippen LogP contribution in [0.5, 0.6) is 11.6 Å². The maximum Gasteiger partial charge on any atom is 0.305 e. The number of hydrogen-bond donors (Lipinski definition) is 1. The number of benzene rings is 1. The van der Waals surface area contributed by atoms with Crippen molar-refractivity contribution < 1.29 is 14.1 Å². The summed E-state index contributed by atoms with van der Waals surface area (Å²) in [4.78, 5) is 13.8. The second-order valence-corrected chi connectivity index (χ2v) is 4.41. The Morgan fingerprint density at radius 3 is 2.76 bits per heavy atom. The quantitative estimate of drug-likeness (QED) is 0.676. The van der Waals surface area contributed by atoms with Crippen LogP contribution in [0.1, 0.15) is 18.5 Å². The molecule has 1 aromatic heterocycles. The summed E-state index contributed by atoms with van der Waals surface area (Å²) >= 11 is 0. The maximum absolute atomic E-state index is 13.5. The molecular formula is C14H14FN3O3. The van der Waals surface area contributed by atoms with Crippen molar-refractivity contribution >= 4 is 5.69 Å². The molecule has 0 aliphatic heterocycles. The SMILES string of the molecule is CNC(C)c1ccnc(Oc2ccc([N+](=O)[O-])c(F)c2)c1. The molecule has 2 aromatic rings. The maximum atomic E-state index is 13.5. The molecule has 0 saturated carbocycles. The smallest absolute Gasteiger partial charge is 0.305 e. The van der Waals surface area contributed by atoms with E-state index in [1.165, 1.54) is 6.07 Å². The molecule has 110 valence electrons. The molecule has 0 aliphatic carbocycles. The molecule has 1 unspecified atom stereocenters. The molecule has 0 saturated heterocycles. The number of nitro benzene ring substituents is 1. The van der Waals surface area contributed by atoms with Gasteiger partial charge in [-0.1, -0.05) is 0 Å². The fraction of sp³-hybridized carbons (Fsp3) is 0.214. The Hall–Kier alpha value is -2.54. The van der Waals surface area contributed by atoms with Gasteiger partial charge in [-0.3, -0.25) is 10.1 Å². The number of nitro groups is 1. The summed E-state index contributed by atoms with van der Waals surface area (Å²) in [6.45, 7) is 1.98. The summed E-state index contributed by atoms with van der Waals surface area (Å²) in [6, 6.07) is 7.03. The van der Waals surface area contributed by atoms with Gasteiger partial charge in [0.2, 0.25) is 11.7 Å². The lowest BCUT2D eigenvalue weighted by molar-refractivity contribution is -0.387. The molecule has 2 rings (SSSR count). The van der Waals surface area contributed by atoms with Gasteiger partial charge in [0.15, 0.2) is 0 Å². The van der Waals surface area contributed by atoms with Crippen molar-refractivity contribution in [3.8, 4) is 11.6 Å². The van der Waals surface area contributed by atoms with Crippen molar-refractivity contribution in [3.05, 3.63) is 58.0 Å². The number of ether oxygens (including phenoxy) is 1. The molecule has 7 heteroatoms. The van der Waals surface area contributed by atoms with Crippen LogP contribution in [-0.4, -0.2) is 17.0 Å². The van der Waals surface area contributed by atoms with Crippen LogP contribution < -0.4 is 10.1 Å². The first-order valence-electron chi connectivity index (χ1n) is 6.26. The standard InChI is InChI=1S/C14H14FN3O3/c1-9(16-2)10-5-6-17-14(7-10)21-11-3-4-13(18(19)20)12(15)8-11/h3-9,16H,1-2H3. The molecule has 0 aliphatic rings. The number of halogens is 1. The van der Waals surface area contributed by atoms with E-state index in [0.29, 0.717) is 5.88 Å². The van der Waals surface area contributed by atoms with Gasteiger partial charge in [0.05, 0.1) is 4.92 Å². The molecule has 0 spiro atoms. The second-order valence-electron chi connectivity index (χ2n) is 4.41. The zero-order valence-electron chi connectivity index (χ0n) is 11.5. The number of nitrogens with one attached hydrogen (secondary N) is 1. The Balaban J connectivity index is 2.22. The summed E-state index contributed by atoms with van der Waals surface area (Å²) < 4.78 is 18.9. The van der Waals surface area contributed by atoms with E-state index in [2.05, 4.69) is 10.3 Å². The van der Waals surface area contributed by atoms with E-state index in [0.717, 1.165) is 17.7 Å². The highest BCUT2D eigenvalue weighted by molar-refractivity contribution is 5.39. The monoisotopic (exact) mass is 291 g/mol. The normalized spacial score (nSPS) is 12.0. The van der Waals surface area contributed by atoms with Gasteiger partial charge < -0.3 is 10.1 Å². The number of hydrogen-bond acceptors (Lipinski definition) is 5. The third-order valence-corrected chi connectivity index (χ3v) is 3.03. The van der Waals surface area contributed by atoms with Crippen molar-refractivity contribution in [1.29, 1.82) is 0 Å². The Labute approximate surface area is 120 Å². The van der Waals surface area contributed by atoms with Gasteiger partial charge in [0.1, 0.15) is 5.75 Å². The van der Waals surface area contributed by atoms with Crippen molar-refractivity contribution in [2.45, 2.75) is 13.0 Å². The molecule has 0 radical (unpaired) electrons. The summed E-state index contributed by atoms with van der Waals surface area (Å²) in [6.07, 6.45) is 1.58. The first-order chi connectivity index (χ1) is 10.0. The van der Waals surface area contributed by atoms with Crippen LogP contribution >= 0.6 is 0 Å². The van der Waals surface area contributed by atoms with Crippen LogP contribution in [0.25, 0.3) is 0 Å². The molecule has 0 fully saturated rings. The van der Waals surface area contributed by atoms with Gasteiger partial charge in [0, 0.05) is 30.4 Å². The van der Waals surface area contributed by atoms with Crippen molar-refractivity contribution in [1.82, 2.24) is 10.3 Å². The highest BCUT2D eigenvalue weighted by Gasteiger charge is 2.15. The largest absolute Gasteiger partial charge is 0.439 e. The Morgan fingerprint density at radius 1 is 1.38 bits per heavy atom. The number of rotatable bonds is 5. The van der Waals surface area contributed by atoms with Gasteiger partial charge in [-0.05, 0) is 31.7 Å². The van der Waals surface area contributed by atoms with Gasteiger partial charge in [-0.2, -0.15) is 4.39 Å². The third kappa shape index (κ3) is 3.51. The molecule has 6 nitrogen and oxygen atoms in total. The van der Waals surface area contributed by atoms with Crippen LogP contribution in [0.4, 0.5) is 10.1 Å². The zero-order valence-corrected chi connectivity index (χ0v) is 11.5. The average molecular weight is 291 g/mol. The lowest BCUT2D eigenvalue weighted by atomic mass is 10.1. The van der Waals surface area contributed by atoms with E-state index >= 15 is 0 Å². The molecule has 21 heavy (non-hydrogen) atoms. The number of pyridine rings is 1. The molecule has 1 heterocycles. The van der Waals surface area contributed by atoms with Gasteiger partial charge in [0.25, 0.3) is 0 Å². The zero-order chi connectivity index (χ0) is 15.4. The summed E-state index contributed by atoms with van der Waals surface area (Å²) in [5.74, 6) is -0.500. The van der Waals surface area contributed by atoms with E-state index < -0.39 is 16.4 Å². The minimum atomic E-state index is -0.947. The molecule has 1 N–H and O–H groups in total. The summed E-state index contributed by atoms with van der Waals surface area (Å²) in [5.41, 5.74) is 0.373. The van der Waals surface area contributed by atoms with Gasteiger partial charge in [-0.15, -0.1) is 0 Å². The predicted molar refractivity (Wildman–Crippen MR) is 74.8 cm³/mol. The fourth-order valence-corrected chi connectivity index (χ4v) is 1.74. The second kappa shape index (κ2) is 6.27. The van der Waals surface area contributed by atoms with Crippen molar-refractivity contribution in [2.75, 3.05) is 7.05 Å². The molecule has 0 amide bonds. The number of nitrogens with zero attached hydrogens (tertiary/aromatic N) is 2. The Bertz CT molecular complexity index is 664. The average Bonchev–Trinajstić information content (AvgIpc) is 2.46. The highest BCUT2D eigenvalue weighted by atomic mass is 19.1. The van der Waals surface area contributed by atoms with Crippen molar-refractivity contribution in [3.63, 3.8) is 0 Å². The van der Waals surface area contributed by atoms with Crippen LogP contribution in [0.2, 0.25) is 0 Å². The Kier molecular flexibility index (Phi) is 4.44. The lowest BCUT2D eigenvalue weighted by Gasteiger charge is -2.11. The molecule has 1 aromatic carbocycles. The Morgan fingerprint density at radius 2 is 2.14 bits per heavy atom. The summed E-state index contributed by atoms with van der Waals surface area (Å²) in [7, 11) is 1.83. The molecular weight excluding hydrogens is 277 g/mol. The van der Waals surface area contributed by atoms with E-state index in [4.69, 9.17) is 4.74 Å². The minimum absolute atomic E-state index is 0.115. The van der Waals surface area contributed by atoms with Crippen molar-refractivity contribution in [2.24, 2.45) is 0 Å². The minimum Gasteiger partial charge on any atom is -0.439 e. The fourth-order valence-electron chi connectivity index (χ4n) is 1.74. The van der Waals surface area contributed by atoms with E-state index in [1.807, 2.05) is 20.0 Å². The third-order valence-electron chi connectivity index (χ3n) is 3.03. The van der Waals surface area contributed by atoms with E-state index in [9.17, 15) is 14.5 Å². The first kappa shape index (κ1) is 14.9.